The first kappa shape index (κ1) is 18.5. The van der Waals surface area contributed by atoms with Crippen molar-refractivity contribution in [2.24, 2.45) is 0 Å². The third kappa shape index (κ3) is 3.24. The molecule has 0 aliphatic heterocycles. The van der Waals surface area contributed by atoms with Gasteiger partial charge in [0.05, 0.1) is 21.0 Å². The Bertz CT molecular complexity index is 1410. The number of aromatic amines is 1. The number of anilines is 1. The van der Waals surface area contributed by atoms with E-state index in [-0.39, 0.29) is 15.6 Å². The van der Waals surface area contributed by atoms with Gasteiger partial charge in [-0.25, -0.2) is 17.8 Å². The third-order valence-corrected chi connectivity index (χ3v) is 6.55. The van der Waals surface area contributed by atoms with E-state index in [1.54, 1.807) is 41.8 Å². The maximum Gasteiger partial charge on any atom is 0.334 e. The summed E-state index contributed by atoms with van der Waals surface area (Å²) in [5.74, 6) is 0. The fraction of sp³-hybridized carbons (Fsp3) is 0. The van der Waals surface area contributed by atoms with Crippen LogP contribution in [0.1, 0.15) is 0 Å². The number of H-pyrrole nitrogens is 1. The number of nitrogens with zero attached hydrogens (tertiary/aromatic N) is 1. The molecule has 2 N–H and O–H groups in total. The van der Waals surface area contributed by atoms with Crippen molar-refractivity contribution in [3.8, 4) is 5.69 Å². The van der Waals surface area contributed by atoms with Gasteiger partial charge in [0, 0.05) is 5.69 Å². The second-order valence-corrected chi connectivity index (χ2v) is 8.82. The highest BCUT2D eigenvalue weighted by Crippen LogP contribution is 2.24. The van der Waals surface area contributed by atoms with Gasteiger partial charge >= 0.3 is 5.69 Å². The van der Waals surface area contributed by atoms with Crippen LogP contribution in [0.15, 0.2) is 74.5 Å². The number of fused-ring (bicyclic) bond motifs is 1. The monoisotopic (exact) mass is 433 g/mol. The van der Waals surface area contributed by atoms with Gasteiger partial charge in [-0.2, -0.15) is 0 Å². The van der Waals surface area contributed by atoms with Crippen molar-refractivity contribution >= 4 is 48.9 Å². The molecular weight excluding hydrogens is 422 g/mol. The van der Waals surface area contributed by atoms with Crippen LogP contribution in [0.5, 0.6) is 0 Å². The quantitative estimate of drug-likeness (QED) is 0.516. The van der Waals surface area contributed by atoms with Gasteiger partial charge in [0.1, 0.15) is 4.83 Å². The summed E-state index contributed by atoms with van der Waals surface area (Å²) in [6.45, 7) is 0. The summed E-state index contributed by atoms with van der Waals surface area (Å²) >= 11 is 7.41. The second kappa shape index (κ2) is 6.93. The molecule has 2 heterocycles. The van der Waals surface area contributed by atoms with Crippen molar-refractivity contribution < 1.29 is 8.42 Å². The molecule has 0 aliphatic carbocycles. The van der Waals surface area contributed by atoms with E-state index in [9.17, 15) is 18.0 Å². The highest BCUT2D eigenvalue weighted by Gasteiger charge is 2.19. The number of hydrogen-bond donors (Lipinski definition) is 2. The molecule has 0 unspecified atom stereocenters. The van der Waals surface area contributed by atoms with Crippen molar-refractivity contribution in [3.63, 3.8) is 0 Å². The van der Waals surface area contributed by atoms with E-state index in [0.717, 1.165) is 4.57 Å². The van der Waals surface area contributed by atoms with Crippen molar-refractivity contribution in [2.75, 3.05) is 4.72 Å². The Morgan fingerprint density at radius 1 is 1.04 bits per heavy atom. The van der Waals surface area contributed by atoms with Gasteiger partial charge in [-0.3, -0.25) is 14.5 Å². The van der Waals surface area contributed by atoms with E-state index in [2.05, 4.69) is 9.71 Å². The Labute approximate surface area is 167 Å². The van der Waals surface area contributed by atoms with Gasteiger partial charge in [-0.15, -0.1) is 11.3 Å². The van der Waals surface area contributed by atoms with Crippen LogP contribution in [0.2, 0.25) is 5.02 Å². The largest absolute Gasteiger partial charge is 0.334 e. The molecule has 7 nitrogen and oxygen atoms in total. The number of nitrogens with one attached hydrogen (secondary N) is 2. The Kier molecular flexibility index (Phi) is 4.58. The highest BCUT2D eigenvalue weighted by molar-refractivity contribution is 7.92. The summed E-state index contributed by atoms with van der Waals surface area (Å²) < 4.78 is 28.7. The number of rotatable bonds is 4. The van der Waals surface area contributed by atoms with Crippen LogP contribution in [0, 0.1) is 0 Å². The number of aromatic nitrogens is 2. The Hall–Kier alpha value is -2.88. The molecule has 0 radical (unpaired) electrons. The molecule has 0 amide bonds. The predicted octanol–water partition coefficient (Wildman–Crippen LogP) is 3.19. The van der Waals surface area contributed by atoms with E-state index in [1.807, 2.05) is 0 Å². The number of benzene rings is 2. The van der Waals surface area contributed by atoms with Crippen LogP contribution in [0.3, 0.4) is 0 Å². The van der Waals surface area contributed by atoms with Crippen LogP contribution < -0.4 is 16.0 Å². The molecule has 2 aromatic heterocycles. The third-order valence-electron chi connectivity index (χ3n) is 4.02. The molecule has 4 aromatic rings. The predicted molar refractivity (Wildman–Crippen MR) is 110 cm³/mol. The lowest BCUT2D eigenvalue weighted by molar-refractivity contribution is 0.601. The highest BCUT2D eigenvalue weighted by atomic mass is 35.5. The molecule has 0 saturated heterocycles. The summed E-state index contributed by atoms with van der Waals surface area (Å²) in [5, 5.41) is 2.07. The first-order chi connectivity index (χ1) is 13.4. The van der Waals surface area contributed by atoms with Crippen LogP contribution in [-0.4, -0.2) is 18.0 Å². The molecule has 0 atom stereocenters. The lowest BCUT2D eigenvalue weighted by atomic mass is 10.3. The number of hydrogen-bond acceptors (Lipinski definition) is 5. The van der Waals surface area contributed by atoms with Crippen LogP contribution in [0.4, 0.5) is 5.69 Å². The van der Waals surface area contributed by atoms with Crippen molar-refractivity contribution in [2.45, 2.75) is 4.90 Å². The lowest BCUT2D eigenvalue weighted by Crippen LogP contribution is -2.33. The number of halogens is 1. The lowest BCUT2D eigenvalue weighted by Gasteiger charge is -2.11. The van der Waals surface area contributed by atoms with Gasteiger partial charge in [0.2, 0.25) is 0 Å². The molecule has 0 saturated carbocycles. The molecule has 0 fully saturated rings. The topological polar surface area (TPSA) is 101 Å². The maximum absolute atomic E-state index is 12.7. The fourth-order valence-corrected chi connectivity index (χ4v) is 4.76. The molecule has 28 heavy (non-hydrogen) atoms. The van der Waals surface area contributed by atoms with Crippen LogP contribution in [0.25, 0.3) is 15.9 Å². The average Bonchev–Trinajstić information content (AvgIpc) is 3.12. The van der Waals surface area contributed by atoms with Gasteiger partial charge in [-0.1, -0.05) is 29.8 Å². The SMILES string of the molecule is O=c1[nH]c2sccc2c(=O)n1-c1cc(S(=O)(=O)Nc2ccccc2)ccc1Cl. The van der Waals surface area contributed by atoms with Crippen molar-refractivity contribution in [1.29, 1.82) is 0 Å². The summed E-state index contributed by atoms with van der Waals surface area (Å²) in [4.78, 5) is 28.1. The summed E-state index contributed by atoms with van der Waals surface area (Å²) in [7, 11) is -3.95. The van der Waals surface area contributed by atoms with E-state index >= 15 is 0 Å². The fourth-order valence-electron chi connectivity index (χ4n) is 2.71. The Balaban J connectivity index is 1.87. The summed E-state index contributed by atoms with van der Waals surface area (Å²) in [5.41, 5.74) is -0.912. The minimum atomic E-state index is -3.95. The number of sulfonamides is 1. The van der Waals surface area contributed by atoms with Crippen LogP contribution in [-0.2, 0) is 10.0 Å². The Morgan fingerprint density at radius 2 is 1.79 bits per heavy atom. The van der Waals surface area contributed by atoms with E-state index in [1.165, 1.54) is 29.5 Å². The molecule has 142 valence electrons. The van der Waals surface area contributed by atoms with Crippen molar-refractivity contribution in [3.05, 3.63) is 85.8 Å². The van der Waals surface area contributed by atoms with E-state index in [4.69, 9.17) is 11.6 Å². The molecule has 4 rings (SSSR count). The first-order valence-corrected chi connectivity index (χ1v) is 10.7. The standard InChI is InChI=1S/C18H12ClN3O4S2/c19-14-7-6-12(28(25,26)21-11-4-2-1-3-5-11)10-15(14)22-17(23)13-8-9-27-16(13)20-18(22)24/h1-10,21H,(H,20,24). The zero-order chi connectivity index (χ0) is 19.9. The zero-order valence-electron chi connectivity index (χ0n) is 14.0. The average molecular weight is 434 g/mol. The van der Waals surface area contributed by atoms with Gasteiger partial charge in [0.25, 0.3) is 15.6 Å². The van der Waals surface area contributed by atoms with Gasteiger partial charge in [0.15, 0.2) is 0 Å². The van der Waals surface area contributed by atoms with E-state index < -0.39 is 21.3 Å². The van der Waals surface area contributed by atoms with Crippen molar-refractivity contribution in [1.82, 2.24) is 9.55 Å². The Morgan fingerprint density at radius 3 is 2.54 bits per heavy atom. The minimum Gasteiger partial charge on any atom is -0.298 e. The smallest absolute Gasteiger partial charge is 0.298 e. The molecule has 0 bridgehead atoms. The molecule has 0 spiro atoms. The molecule has 2 aromatic carbocycles. The van der Waals surface area contributed by atoms with Gasteiger partial charge in [-0.05, 0) is 41.8 Å². The second-order valence-electron chi connectivity index (χ2n) is 5.82. The minimum absolute atomic E-state index is 0.0167. The van der Waals surface area contributed by atoms with E-state index in [0.29, 0.717) is 15.9 Å². The molecular formula is C18H12ClN3O4S2. The molecule has 10 heteroatoms. The van der Waals surface area contributed by atoms with Gasteiger partial charge < -0.3 is 0 Å². The number of para-hydroxylation sites is 1. The van der Waals surface area contributed by atoms with Crippen LogP contribution >= 0.6 is 22.9 Å². The zero-order valence-corrected chi connectivity index (χ0v) is 16.4. The number of thiophene rings is 1. The first-order valence-electron chi connectivity index (χ1n) is 7.97. The maximum atomic E-state index is 12.7. The molecule has 0 aliphatic rings. The summed E-state index contributed by atoms with van der Waals surface area (Å²) in [6, 6.07) is 13.8. The normalized spacial score (nSPS) is 11.6. The summed E-state index contributed by atoms with van der Waals surface area (Å²) in [6.07, 6.45) is 0.